The fraction of sp³-hybridized carbons (Fsp3) is 0.615. The SMILES string of the molecule is CC[C@H]1OC(n2ccc(NC(C)=O)nc2=O)C(F)(F)C1C. The van der Waals surface area contributed by atoms with E-state index in [2.05, 4.69) is 10.3 Å². The molecule has 0 aromatic carbocycles. The number of rotatable bonds is 3. The highest BCUT2D eigenvalue weighted by Crippen LogP contribution is 2.46. The number of anilines is 1. The molecule has 6 nitrogen and oxygen atoms in total. The van der Waals surface area contributed by atoms with Crippen LogP contribution in [-0.4, -0.2) is 27.5 Å². The maximum absolute atomic E-state index is 14.2. The number of hydrogen-bond acceptors (Lipinski definition) is 4. The number of amides is 1. The van der Waals surface area contributed by atoms with Crippen LogP contribution in [0.25, 0.3) is 0 Å². The van der Waals surface area contributed by atoms with Gasteiger partial charge in [0.2, 0.25) is 12.1 Å². The Morgan fingerprint density at radius 3 is 2.71 bits per heavy atom. The van der Waals surface area contributed by atoms with E-state index in [-0.39, 0.29) is 5.82 Å². The van der Waals surface area contributed by atoms with Crippen LogP contribution in [0.3, 0.4) is 0 Å². The zero-order valence-corrected chi connectivity index (χ0v) is 12.0. The van der Waals surface area contributed by atoms with Gasteiger partial charge in [-0.2, -0.15) is 4.98 Å². The molecule has 2 unspecified atom stereocenters. The van der Waals surface area contributed by atoms with E-state index < -0.39 is 35.8 Å². The summed E-state index contributed by atoms with van der Waals surface area (Å²) in [4.78, 5) is 26.3. The van der Waals surface area contributed by atoms with E-state index in [0.717, 1.165) is 10.8 Å². The fourth-order valence-electron chi connectivity index (χ4n) is 2.39. The van der Waals surface area contributed by atoms with Crippen LogP contribution in [-0.2, 0) is 9.53 Å². The second-order valence-corrected chi connectivity index (χ2v) is 5.08. The van der Waals surface area contributed by atoms with Gasteiger partial charge in [-0.15, -0.1) is 0 Å². The topological polar surface area (TPSA) is 73.2 Å². The summed E-state index contributed by atoms with van der Waals surface area (Å²) in [6.07, 6.45) is -0.709. The number of nitrogens with one attached hydrogen (secondary N) is 1. The lowest BCUT2D eigenvalue weighted by atomic mass is 9.98. The monoisotopic (exact) mass is 301 g/mol. The van der Waals surface area contributed by atoms with Gasteiger partial charge in [0.05, 0.1) is 12.0 Å². The maximum Gasteiger partial charge on any atom is 0.351 e. The number of aromatic nitrogens is 2. The molecule has 1 N–H and O–H groups in total. The van der Waals surface area contributed by atoms with Gasteiger partial charge in [0.15, 0.2) is 0 Å². The zero-order valence-electron chi connectivity index (χ0n) is 12.0. The Bertz CT molecular complexity index is 603. The molecule has 1 aromatic heterocycles. The number of carbonyl (C=O) groups is 1. The predicted molar refractivity (Wildman–Crippen MR) is 71.1 cm³/mol. The number of carbonyl (C=O) groups excluding carboxylic acids is 1. The van der Waals surface area contributed by atoms with Crippen molar-refractivity contribution in [3.8, 4) is 0 Å². The first-order valence-corrected chi connectivity index (χ1v) is 6.67. The number of halogens is 2. The van der Waals surface area contributed by atoms with Crippen LogP contribution >= 0.6 is 0 Å². The highest BCUT2D eigenvalue weighted by Gasteiger charge is 2.57. The standard InChI is InChI=1S/C13H17F2N3O3/c1-4-9-7(2)13(14,15)11(21-9)18-6-5-10(16-8(3)19)17-12(18)20/h5-7,9,11H,4H2,1-3H3,(H,16,17,19,20)/t7?,9-,11?/m1/s1. The molecular weight excluding hydrogens is 284 g/mol. The summed E-state index contributed by atoms with van der Waals surface area (Å²) in [6.45, 7) is 4.41. The second-order valence-electron chi connectivity index (χ2n) is 5.08. The summed E-state index contributed by atoms with van der Waals surface area (Å²) in [5.41, 5.74) is -0.894. The molecule has 1 aliphatic rings. The Hall–Kier alpha value is -1.83. The third-order valence-corrected chi connectivity index (χ3v) is 3.59. The van der Waals surface area contributed by atoms with Crippen LogP contribution in [0.15, 0.2) is 17.1 Å². The van der Waals surface area contributed by atoms with E-state index in [1.54, 1.807) is 6.92 Å². The Balaban J connectivity index is 2.34. The molecule has 0 radical (unpaired) electrons. The molecule has 1 aromatic rings. The van der Waals surface area contributed by atoms with Crippen molar-refractivity contribution in [1.29, 1.82) is 0 Å². The highest BCUT2D eigenvalue weighted by molar-refractivity contribution is 5.87. The van der Waals surface area contributed by atoms with Gasteiger partial charge in [-0.3, -0.25) is 9.36 Å². The van der Waals surface area contributed by atoms with Crippen LogP contribution in [0.5, 0.6) is 0 Å². The summed E-state index contributed by atoms with van der Waals surface area (Å²) < 4.78 is 34.5. The quantitative estimate of drug-likeness (QED) is 0.923. The summed E-state index contributed by atoms with van der Waals surface area (Å²) in [7, 11) is 0. The molecule has 1 aliphatic heterocycles. The van der Waals surface area contributed by atoms with Gasteiger partial charge in [0.25, 0.3) is 5.92 Å². The molecule has 3 atom stereocenters. The average Bonchev–Trinajstić information content (AvgIpc) is 2.61. The number of nitrogens with zero attached hydrogens (tertiary/aromatic N) is 2. The average molecular weight is 301 g/mol. The van der Waals surface area contributed by atoms with Crippen molar-refractivity contribution in [3.63, 3.8) is 0 Å². The normalized spacial score (nSPS) is 27.6. The molecule has 1 saturated heterocycles. The molecule has 0 saturated carbocycles. The zero-order chi connectivity index (χ0) is 15.8. The smallest absolute Gasteiger partial charge is 0.348 e. The van der Waals surface area contributed by atoms with Gasteiger partial charge in [-0.25, -0.2) is 13.6 Å². The molecule has 2 heterocycles. The molecule has 21 heavy (non-hydrogen) atoms. The van der Waals surface area contributed by atoms with E-state index in [9.17, 15) is 18.4 Å². The number of hydrogen-bond donors (Lipinski definition) is 1. The first-order valence-electron chi connectivity index (χ1n) is 6.67. The van der Waals surface area contributed by atoms with Crippen molar-refractivity contribution in [3.05, 3.63) is 22.7 Å². The molecule has 2 rings (SSSR count). The lowest BCUT2D eigenvalue weighted by Crippen LogP contribution is -2.37. The molecule has 0 aliphatic carbocycles. The maximum atomic E-state index is 14.2. The van der Waals surface area contributed by atoms with Crippen LogP contribution in [0.1, 0.15) is 33.4 Å². The van der Waals surface area contributed by atoms with Crippen molar-refractivity contribution in [1.82, 2.24) is 9.55 Å². The highest BCUT2D eigenvalue weighted by atomic mass is 19.3. The fourth-order valence-corrected chi connectivity index (χ4v) is 2.39. The van der Waals surface area contributed by atoms with E-state index in [4.69, 9.17) is 4.74 Å². The summed E-state index contributed by atoms with van der Waals surface area (Å²) in [5.74, 6) is -4.54. The minimum atomic E-state index is -3.16. The van der Waals surface area contributed by atoms with Crippen molar-refractivity contribution >= 4 is 11.7 Å². The Morgan fingerprint density at radius 1 is 1.57 bits per heavy atom. The van der Waals surface area contributed by atoms with Crippen molar-refractivity contribution in [2.75, 3.05) is 5.32 Å². The number of ether oxygens (including phenoxy) is 1. The first kappa shape index (κ1) is 15.6. The van der Waals surface area contributed by atoms with Crippen molar-refractivity contribution in [2.45, 2.75) is 45.4 Å². The van der Waals surface area contributed by atoms with Crippen molar-refractivity contribution in [2.24, 2.45) is 5.92 Å². The van der Waals surface area contributed by atoms with Gasteiger partial charge in [-0.05, 0) is 12.5 Å². The van der Waals surface area contributed by atoms with Crippen LogP contribution in [0.4, 0.5) is 14.6 Å². The summed E-state index contributed by atoms with van der Waals surface area (Å²) in [5, 5.41) is 2.32. The number of alkyl halides is 2. The predicted octanol–water partition coefficient (Wildman–Crippen LogP) is 1.78. The Morgan fingerprint density at radius 2 is 2.24 bits per heavy atom. The second kappa shape index (κ2) is 5.51. The third-order valence-electron chi connectivity index (χ3n) is 3.59. The molecule has 116 valence electrons. The van der Waals surface area contributed by atoms with Gasteiger partial charge < -0.3 is 10.1 Å². The summed E-state index contributed by atoms with van der Waals surface area (Å²) in [6, 6.07) is 1.28. The summed E-state index contributed by atoms with van der Waals surface area (Å²) >= 11 is 0. The Kier molecular flexibility index (Phi) is 4.08. The van der Waals surface area contributed by atoms with Gasteiger partial charge in [0, 0.05) is 13.1 Å². The van der Waals surface area contributed by atoms with E-state index in [1.165, 1.54) is 19.9 Å². The van der Waals surface area contributed by atoms with Gasteiger partial charge in [-0.1, -0.05) is 13.8 Å². The Labute approximate surface area is 120 Å². The molecule has 1 amide bonds. The molecule has 0 spiro atoms. The molecule has 8 heteroatoms. The van der Waals surface area contributed by atoms with E-state index in [0.29, 0.717) is 6.42 Å². The van der Waals surface area contributed by atoms with Crippen molar-refractivity contribution < 1.29 is 18.3 Å². The minimum Gasteiger partial charge on any atom is -0.348 e. The first-order chi connectivity index (χ1) is 9.77. The van der Waals surface area contributed by atoms with Crippen LogP contribution in [0, 0.1) is 5.92 Å². The van der Waals surface area contributed by atoms with E-state index >= 15 is 0 Å². The lowest BCUT2D eigenvalue weighted by molar-refractivity contribution is -0.125. The lowest BCUT2D eigenvalue weighted by Gasteiger charge is -2.21. The van der Waals surface area contributed by atoms with Gasteiger partial charge >= 0.3 is 5.69 Å². The van der Waals surface area contributed by atoms with Gasteiger partial charge in [0.1, 0.15) is 5.82 Å². The third kappa shape index (κ3) is 2.80. The molecular formula is C13H17F2N3O3. The molecule has 1 fully saturated rings. The van der Waals surface area contributed by atoms with Crippen LogP contribution < -0.4 is 11.0 Å². The largest absolute Gasteiger partial charge is 0.351 e. The molecule has 0 bridgehead atoms. The minimum absolute atomic E-state index is 0.0187. The van der Waals surface area contributed by atoms with E-state index in [1.807, 2.05) is 0 Å². The van der Waals surface area contributed by atoms with Crippen LogP contribution in [0.2, 0.25) is 0 Å².